The molecule has 3 aromatic rings. The quantitative estimate of drug-likeness (QED) is 0.487. The van der Waals surface area contributed by atoms with Gasteiger partial charge in [-0.2, -0.15) is 14.6 Å². The van der Waals surface area contributed by atoms with Gasteiger partial charge in [-0.1, -0.05) is 30.3 Å². The lowest BCUT2D eigenvalue weighted by molar-refractivity contribution is -0.143. The summed E-state index contributed by atoms with van der Waals surface area (Å²) in [5, 5.41) is 4.44. The second-order valence-corrected chi connectivity index (χ2v) is 8.16. The van der Waals surface area contributed by atoms with Crippen molar-refractivity contribution in [2.75, 3.05) is 37.7 Å². The van der Waals surface area contributed by atoms with Crippen molar-refractivity contribution in [3.05, 3.63) is 53.5 Å². The van der Waals surface area contributed by atoms with Crippen LogP contribution in [-0.4, -0.2) is 69.1 Å². The number of esters is 1. The van der Waals surface area contributed by atoms with Crippen molar-refractivity contribution in [2.45, 2.75) is 39.5 Å². The fourth-order valence-corrected chi connectivity index (χ4v) is 4.24. The van der Waals surface area contributed by atoms with E-state index in [-0.39, 0.29) is 18.3 Å². The molecule has 1 aromatic carbocycles. The van der Waals surface area contributed by atoms with Crippen LogP contribution in [0.1, 0.15) is 43.0 Å². The molecule has 33 heavy (non-hydrogen) atoms. The molecule has 2 aromatic heterocycles. The molecule has 1 saturated heterocycles. The second-order valence-electron chi connectivity index (χ2n) is 8.16. The minimum atomic E-state index is -0.244. The van der Waals surface area contributed by atoms with Gasteiger partial charge in [-0.25, -0.2) is 4.98 Å². The van der Waals surface area contributed by atoms with E-state index in [1.807, 2.05) is 34.5 Å². The Morgan fingerprint density at radius 3 is 2.55 bits per heavy atom. The predicted octanol–water partition coefficient (Wildman–Crippen LogP) is 2.41. The van der Waals surface area contributed by atoms with Gasteiger partial charge in [0.15, 0.2) is 0 Å². The lowest BCUT2D eigenvalue weighted by atomic mass is 10.0. The number of carbonyl (C=O) groups is 2. The first kappa shape index (κ1) is 22.7. The maximum Gasteiger partial charge on any atom is 0.305 e. The summed E-state index contributed by atoms with van der Waals surface area (Å²) >= 11 is 0. The van der Waals surface area contributed by atoms with E-state index in [0.717, 1.165) is 23.5 Å². The van der Waals surface area contributed by atoms with Gasteiger partial charge in [0.1, 0.15) is 12.1 Å². The summed E-state index contributed by atoms with van der Waals surface area (Å²) in [6.45, 7) is 6.81. The fraction of sp³-hybridized carbons (Fsp3) is 0.458. The van der Waals surface area contributed by atoms with Gasteiger partial charge in [0.05, 0.1) is 6.61 Å². The van der Waals surface area contributed by atoms with Crippen LogP contribution in [0.3, 0.4) is 0 Å². The van der Waals surface area contributed by atoms with Gasteiger partial charge in [0, 0.05) is 56.7 Å². The van der Waals surface area contributed by atoms with E-state index < -0.39 is 0 Å². The first-order valence-corrected chi connectivity index (χ1v) is 11.5. The zero-order valence-electron chi connectivity index (χ0n) is 19.2. The van der Waals surface area contributed by atoms with Crippen molar-refractivity contribution >= 4 is 23.5 Å². The van der Waals surface area contributed by atoms with Crippen molar-refractivity contribution in [3.63, 3.8) is 0 Å². The first-order valence-electron chi connectivity index (χ1n) is 11.5. The predicted molar refractivity (Wildman–Crippen MR) is 124 cm³/mol. The van der Waals surface area contributed by atoms with Crippen LogP contribution in [0.25, 0.3) is 5.78 Å². The highest BCUT2D eigenvalue weighted by Crippen LogP contribution is 2.27. The van der Waals surface area contributed by atoms with Crippen molar-refractivity contribution in [3.8, 4) is 0 Å². The van der Waals surface area contributed by atoms with Crippen LogP contribution in [0.4, 0.5) is 5.82 Å². The maximum absolute atomic E-state index is 12.6. The van der Waals surface area contributed by atoms with Crippen LogP contribution < -0.4 is 4.90 Å². The number of nitrogens with zero attached hydrogens (tertiary/aromatic N) is 6. The number of ether oxygens (including phenoxy) is 1. The summed E-state index contributed by atoms with van der Waals surface area (Å²) < 4.78 is 6.74. The zero-order valence-corrected chi connectivity index (χ0v) is 19.2. The third-order valence-corrected chi connectivity index (χ3v) is 5.94. The van der Waals surface area contributed by atoms with Crippen molar-refractivity contribution in [1.29, 1.82) is 0 Å². The van der Waals surface area contributed by atoms with Crippen LogP contribution in [0.15, 0.2) is 36.7 Å². The van der Waals surface area contributed by atoms with Crippen LogP contribution in [0, 0.1) is 6.92 Å². The number of hydrogen-bond donors (Lipinski definition) is 0. The molecule has 0 aliphatic carbocycles. The lowest BCUT2D eigenvalue weighted by Gasteiger charge is -2.37. The molecule has 0 unspecified atom stereocenters. The van der Waals surface area contributed by atoms with Gasteiger partial charge in [-0.05, 0) is 25.8 Å². The molecular formula is C24H30N6O3. The van der Waals surface area contributed by atoms with Crippen LogP contribution in [-0.2, 0) is 20.7 Å². The molecule has 0 spiro atoms. The van der Waals surface area contributed by atoms with Gasteiger partial charge in [-0.3, -0.25) is 9.59 Å². The van der Waals surface area contributed by atoms with Gasteiger partial charge in [0.2, 0.25) is 5.91 Å². The van der Waals surface area contributed by atoms with Crippen molar-refractivity contribution < 1.29 is 14.3 Å². The summed E-state index contributed by atoms with van der Waals surface area (Å²) in [7, 11) is 0. The molecule has 0 N–H and O–H groups in total. The Bertz CT molecular complexity index is 1110. The van der Waals surface area contributed by atoms with E-state index in [1.54, 1.807) is 6.92 Å². The van der Waals surface area contributed by atoms with Crippen molar-refractivity contribution in [2.24, 2.45) is 0 Å². The molecule has 9 heteroatoms. The summed E-state index contributed by atoms with van der Waals surface area (Å²) in [4.78, 5) is 37.2. The third kappa shape index (κ3) is 5.30. The molecule has 1 aliphatic heterocycles. The normalized spacial score (nSPS) is 14.0. The highest BCUT2D eigenvalue weighted by molar-refractivity contribution is 5.77. The molecule has 0 bridgehead atoms. The lowest BCUT2D eigenvalue weighted by Crippen LogP contribution is -2.49. The minimum absolute atomic E-state index is 0.0836. The van der Waals surface area contributed by atoms with Gasteiger partial charge in [0.25, 0.3) is 5.78 Å². The summed E-state index contributed by atoms with van der Waals surface area (Å²) in [6.07, 6.45) is 3.43. The van der Waals surface area contributed by atoms with E-state index >= 15 is 0 Å². The van der Waals surface area contributed by atoms with Crippen LogP contribution in [0.5, 0.6) is 0 Å². The van der Waals surface area contributed by atoms with Gasteiger partial charge in [-0.15, -0.1) is 0 Å². The summed E-state index contributed by atoms with van der Waals surface area (Å²) in [5.74, 6) is 1.41. The van der Waals surface area contributed by atoms with E-state index in [0.29, 0.717) is 51.4 Å². The Labute approximate surface area is 193 Å². The molecule has 0 saturated carbocycles. The van der Waals surface area contributed by atoms with Crippen molar-refractivity contribution in [1.82, 2.24) is 24.5 Å². The Morgan fingerprint density at radius 1 is 1.06 bits per heavy atom. The molecule has 9 nitrogen and oxygen atoms in total. The largest absolute Gasteiger partial charge is 0.466 e. The Hall–Kier alpha value is -3.49. The second kappa shape index (κ2) is 10.4. The zero-order chi connectivity index (χ0) is 23.2. The molecule has 1 aliphatic rings. The fourth-order valence-electron chi connectivity index (χ4n) is 4.24. The van der Waals surface area contributed by atoms with Crippen LogP contribution >= 0.6 is 0 Å². The smallest absolute Gasteiger partial charge is 0.305 e. The monoisotopic (exact) mass is 450 g/mol. The molecule has 1 amide bonds. The van der Waals surface area contributed by atoms with E-state index in [4.69, 9.17) is 4.74 Å². The Morgan fingerprint density at radius 2 is 1.82 bits per heavy atom. The van der Waals surface area contributed by atoms with Gasteiger partial charge < -0.3 is 14.5 Å². The van der Waals surface area contributed by atoms with Gasteiger partial charge >= 0.3 is 5.97 Å². The number of anilines is 1. The molecule has 0 atom stereocenters. The molecule has 1 fully saturated rings. The highest BCUT2D eigenvalue weighted by Gasteiger charge is 2.26. The van der Waals surface area contributed by atoms with E-state index in [2.05, 4.69) is 32.1 Å². The highest BCUT2D eigenvalue weighted by atomic mass is 16.5. The summed E-state index contributed by atoms with van der Waals surface area (Å²) in [6, 6.07) is 10.3. The number of aromatic nitrogens is 4. The topological polar surface area (TPSA) is 92.9 Å². The number of carbonyl (C=O) groups excluding carboxylic acids is 2. The number of fused-ring (bicyclic) bond motifs is 1. The van der Waals surface area contributed by atoms with E-state index in [9.17, 15) is 9.59 Å². The number of piperazine rings is 1. The van der Waals surface area contributed by atoms with Crippen LogP contribution in [0.2, 0.25) is 0 Å². The summed E-state index contributed by atoms with van der Waals surface area (Å²) in [5.41, 5.74) is 3.26. The van der Waals surface area contributed by atoms with E-state index in [1.165, 1.54) is 11.9 Å². The standard InChI is InChI=1S/C24H30N6O3/c1-3-33-22(32)11-7-10-21(31)28-12-14-29(15-13-28)23-20(16-19-8-5-4-6-9-19)18(2)27-24-25-17-26-30(23)24/h4-6,8-9,17H,3,7,10-16H2,1-2H3. The Kier molecular flexibility index (Phi) is 7.16. The first-order chi connectivity index (χ1) is 16.1. The average molecular weight is 451 g/mol. The SMILES string of the molecule is CCOC(=O)CCCC(=O)N1CCN(c2c(Cc3ccccc3)c(C)nc3ncnn23)CC1. The molecule has 3 heterocycles. The Balaban J connectivity index is 1.46. The maximum atomic E-state index is 12.6. The number of aryl methyl sites for hydroxylation is 1. The molecule has 0 radical (unpaired) electrons. The molecule has 174 valence electrons. The number of hydrogen-bond acceptors (Lipinski definition) is 7. The number of amides is 1. The number of benzene rings is 1. The average Bonchev–Trinajstić information content (AvgIpc) is 3.28. The molecular weight excluding hydrogens is 420 g/mol. The number of rotatable bonds is 8. The molecule has 4 rings (SSSR count). The minimum Gasteiger partial charge on any atom is -0.466 e. The third-order valence-electron chi connectivity index (χ3n) is 5.94.